The van der Waals surface area contributed by atoms with E-state index in [0.717, 1.165) is 77.5 Å². The molecular formula is C30H36N6O2S. The van der Waals surface area contributed by atoms with Crippen LogP contribution in [-0.2, 0) is 0 Å². The van der Waals surface area contributed by atoms with Crippen LogP contribution in [0.1, 0.15) is 49.9 Å². The Labute approximate surface area is 233 Å². The number of thiazole rings is 1. The Morgan fingerprint density at radius 3 is 2.82 bits per heavy atom. The predicted octanol–water partition coefficient (Wildman–Crippen LogP) is 4.66. The van der Waals surface area contributed by atoms with Crippen molar-refractivity contribution in [3.05, 3.63) is 54.2 Å². The topological polar surface area (TPSA) is 103 Å². The van der Waals surface area contributed by atoms with Crippen molar-refractivity contribution in [1.82, 2.24) is 30.5 Å². The highest BCUT2D eigenvalue weighted by Crippen LogP contribution is 2.31. The quantitative estimate of drug-likeness (QED) is 0.121. The molecule has 1 amide bonds. The highest BCUT2D eigenvalue weighted by molar-refractivity contribution is 7.23. The van der Waals surface area contributed by atoms with Gasteiger partial charge in [-0.15, -0.1) is 12.3 Å². The lowest BCUT2D eigenvalue weighted by Crippen LogP contribution is -2.29. The van der Waals surface area contributed by atoms with Crippen LogP contribution in [0.2, 0.25) is 0 Å². The first-order valence-electron chi connectivity index (χ1n) is 13.7. The van der Waals surface area contributed by atoms with Crippen LogP contribution in [0, 0.1) is 12.3 Å². The number of terminal acetylenes is 1. The summed E-state index contributed by atoms with van der Waals surface area (Å²) in [4.78, 5) is 20.8. The van der Waals surface area contributed by atoms with Gasteiger partial charge in [0.05, 0.1) is 28.2 Å². The first-order valence-corrected chi connectivity index (χ1v) is 14.5. The summed E-state index contributed by atoms with van der Waals surface area (Å²) < 4.78 is 9.17. The minimum atomic E-state index is -0.0922. The Bertz CT molecular complexity index is 1480. The lowest BCUT2D eigenvalue weighted by atomic mass is 10.1. The molecule has 1 aliphatic rings. The summed E-state index contributed by atoms with van der Waals surface area (Å²) in [6, 6.07) is 13.9. The van der Waals surface area contributed by atoms with Crippen molar-refractivity contribution >= 4 is 32.4 Å². The fourth-order valence-corrected chi connectivity index (χ4v) is 5.81. The number of benzene rings is 2. The third-order valence-corrected chi connectivity index (χ3v) is 8.31. The molecule has 3 N–H and O–H groups in total. The van der Waals surface area contributed by atoms with Crippen molar-refractivity contribution in [2.24, 2.45) is 0 Å². The number of rotatable bonds is 14. The van der Waals surface area contributed by atoms with Crippen LogP contribution in [-0.4, -0.2) is 58.6 Å². The van der Waals surface area contributed by atoms with Gasteiger partial charge in [-0.25, -0.2) is 15.8 Å². The van der Waals surface area contributed by atoms with E-state index in [1.54, 1.807) is 11.3 Å². The zero-order valence-electron chi connectivity index (χ0n) is 22.6. The molecule has 39 heavy (non-hydrogen) atoms. The van der Waals surface area contributed by atoms with Crippen molar-refractivity contribution in [1.29, 1.82) is 0 Å². The molecule has 3 heterocycles. The number of nitrogens with one attached hydrogen (secondary N) is 3. The van der Waals surface area contributed by atoms with Crippen molar-refractivity contribution in [3.63, 3.8) is 0 Å². The van der Waals surface area contributed by atoms with Crippen molar-refractivity contribution < 1.29 is 9.53 Å². The zero-order valence-corrected chi connectivity index (χ0v) is 23.4. The first kappa shape index (κ1) is 27.2. The molecule has 0 bridgehead atoms. The van der Waals surface area contributed by atoms with E-state index in [1.807, 2.05) is 48.7 Å². The molecule has 0 aliphatic carbocycles. The molecule has 204 valence electrons. The Balaban J connectivity index is 1.22. The van der Waals surface area contributed by atoms with Crippen molar-refractivity contribution in [2.75, 3.05) is 32.8 Å². The average Bonchev–Trinajstić information content (AvgIpc) is 3.46. The number of nitrogens with zero attached hydrogens (tertiary/aromatic N) is 3. The van der Waals surface area contributed by atoms with Gasteiger partial charge in [0.15, 0.2) is 4.96 Å². The lowest BCUT2D eigenvalue weighted by Gasteiger charge is -2.17. The van der Waals surface area contributed by atoms with Gasteiger partial charge in [0.2, 0.25) is 0 Å². The number of ether oxygens (including phenoxy) is 1. The molecule has 0 atom stereocenters. The van der Waals surface area contributed by atoms with Gasteiger partial charge in [-0.3, -0.25) is 9.20 Å². The molecule has 0 radical (unpaired) electrons. The van der Waals surface area contributed by atoms with Crippen LogP contribution in [0.3, 0.4) is 0 Å². The molecular weight excluding hydrogens is 508 g/mol. The Morgan fingerprint density at radius 2 is 2.05 bits per heavy atom. The molecule has 0 unspecified atom stereocenters. The van der Waals surface area contributed by atoms with E-state index in [2.05, 4.69) is 45.2 Å². The third-order valence-electron chi connectivity index (χ3n) is 7.29. The molecule has 8 nitrogen and oxygen atoms in total. The van der Waals surface area contributed by atoms with E-state index in [0.29, 0.717) is 18.7 Å². The smallest absolute Gasteiger partial charge is 0.251 e. The van der Waals surface area contributed by atoms with Crippen LogP contribution >= 0.6 is 11.3 Å². The SMILES string of the molecule is C#CCCC1(CCOc2cccc(-c3cn4c(n3)sc3cc(C(=O)NCCCN(CC)CC)ccc34)c2)NN1. The normalized spacial score (nSPS) is 14.1. The van der Waals surface area contributed by atoms with Gasteiger partial charge >= 0.3 is 0 Å². The monoisotopic (exact) mass is 544 g/mol. The molecule has 2 aromatic carbocycles. The number of carbonyl (C=O) groups excluding carboxylic acids is 1. The van der Waals surface area contributed by atoms with Gasteiger partial charge in [0, 0.05) is 36.7 Å². The summed E-state index contributed by atoms with van der Waals surface area (Å²) in [5.74, 6) is 3.47. The number of amides is 1. The van der Waals surface area contributed by atoms with E-state index in [9.17, 15) is 4.79 Å². The number of hydrazine groups is 1. The standard InChI is InChI=1S/C30H36N6O2S/c1-4-7-14-30(33-34-30)15-18-38-24-11-8-10-22(19-24)25-21-36-26-13-12-23(20-27(26)39-29(36)32-25)28(37)31-16-9-17-35(5-2)6-3/h1,8,10-13,19-21,33-34H,5-7,9,14-18H2,2-3H3,(H,31,37). The van der Waals surface area contributed by atoms with Crippen LogP contribution < -0.4 is 20.9 Å². The van der Waals surface area contributed by atoms with E-state index >= 15 is 0 Å². The highest BCUT2D eigenvalue weighted by Gasteiger charge is 2.40. The van der Waals surface area contributed by atoms with Gasteiger partial charge in [0.25, 0.3) is 5.91 Å². The number of hydrogen-bond acceptors (Lipinski definition) is 7. The number of carbonyl (C=O) groups is 1. The highest BCUT2D eigenvalue weighted by atomic mass is 32.1. The minimum absolute atomic E-state index is 0.0322. The van der Waals surface area contributed by atoms with Crippen molar-refractivity contribution in [3.8, 4) is 29.4 Å². The summed E-state index contributed by atoms with van der Waals surface area (Å²) in [5.41, 5.74) is 9.92. The zero-order chi connectivity index (χ0) is 27.2. The Morgan fingerprint density at radius 1 is 1.21 bits per heavy atom. The molecule has 0 spiro atoms. The lowest BCUT2D eigenvalue weighted by molar-refractivity contribution is 0.0952. The molecule has 9 heteroatoms. The summed E-state index contributed by atoms with van der Waals surface area (Å²) in [7, 11) is 0. The van der Waals surface area contributed by atoms with E-state index in [1.165, 1.54) is 0 Å². The molecule has 0 saturated carbocycles. The molecule has 1 fully saturated rings. The fraction of sp³-hybridized carbons (Fsp3) is 0.400. The van der Waals surface area contributed by atoms with Gasteiger partial charge in [-0.2, -0.15) is 0 Å². The summed E-state index contributed by atoms with van der Waals surface area (Å²) >= 11 is 1.59. The van der Waals surface area contributed by atoms with Crippen LogP contribution in [0.15, 0.2) is 48.7 Å². The predicted molar refractivity (Wildman–Crippen MR) is 158 cm³/mol. The van der Waals surface area contributed by atoms with Crippen LogP contribution in [0.5, 0.6) is 5.75 Å². The van der Waals surface area contributed by atoms with Gasteiger partial charge in [-0.05, 0) is 62.8 Å². The summed E-state index contributed by atoms with van der Waals surface area (Å²) in [5, 5.41) is 3.06. The van der Waals surface area contributed by atoms with E-state index < -0.39 is 0 Å². The van der Waals surface area contributed by atoms with Crippen molar-refractivity contribution in [2.45, 2.75) is 45.2 Å². The fourth-order valence-electron chi connectivity index (χ4n) is 4.77. The molecule has 1 saturated heterocycles. The number of fused-ring (bicyclic) bond motifs is 3. The second-order valence-electron chi connectivity index (χ2n) is 9.86. The molecule has 1 aliphatic heterocycles. The van der Waals surface area contributed by atoms with Gasteiger partial charge in [-0.1, -0.05) is 37.3 Å². The summed E-state index contributed by atoms with van der Waals surface area (Å²) in [6.45, 7) is 8.65. The Kier molecular flexibility index (Phi) is 8.48. The molecule has 4 aromatic rings. The van der Waals surface area contributed by atoms with Gasteiger partial charge < -0.3 is 15.0 Å². The van der Waals surface area contributed by atoms with Crippen LogP contribution in [0.4, 0.5) is 0 Å². The van der Waals surface area contributed by atoms with Gasteiger partial charge in [0.1, 0.15) is 5.75 Å². The number of aromatic nitrogens is 2. The first-order chi connectivity index (χ1) is 19.0. The second kappa shape index (κ2) is 12.2. The third kappa shape index (κ3) is 6.43. The maximum Gasteiger partial charge on any atom is 0.251 e. The molecule has 2 aromatic heterocycles. The maximum atomic E-state index is 12.7. The summed E-state index contributed by atoms with van der Waals surface area (Å²) in [6.07, 6.45) is 10.8. The Hall–Kier alpha value is -3.42. The van der Waals surface area contributed by atoms with E-state index in [-0.39, 0.29) is 11.6 Å². The average molecular weight is 545 g/mol. The number of hydrogen-bond donors (Lipinski definition) is 3. The number of imidazole rings is 1. The maximum absolute atomic E-state index is 12.7. The molecule has 5 rings (SSSR count). The largest absolute Gasteiger partial charge is 0.493 e. The van der Waals surface area contributed by atoms with E-state index in [4.69, 9.17) is 16.1 Å². The minimum Gasteiger partial charge on any atom is -0.493 e. The van der Waals surface area contributed by atoms with Crippen LogP contribution in [0.25, 0.3) is 26.4 Å². The second-order valence-corrected chi connectivity index (χ2v) is 10.9.